The summed E-state index contributed by atoms with van der Waals surface area (Å²) in [5, 5.41) is 9.11. The molecule has 1 atom stereocenters. The largest absolute Gasteiger partial charge is 0.335 e. The first kappa shape index (κ1) is 20.3. The van der Waals surface area contributed by atoms with Crippen molar-refractivity contribution in [1.82, 2.24) is 24.6 Å². The third-order valence-electron chi connectivity index (χ3n) is 5.69. The number of hydrogen-bond donors (Lipinski definition) is 0. The number of amides is 1. The predicted molar refractivity (Wildman–Crippen MR) is 111 cm³/mol. The Labute approximate surface area is 175 Å². The SMILES string of the molecule is Cn1c(SCC(=O)N(C2CCCC2)C2CCS(=O)(=O)C2)nnc1-c1cccnc1. The lowest BCUT2D eigenvalue weighted by Crippen LogP contribution is -2.47. The van der Waals surface area contributed by atoms with Crippen LogP contribution < -0.4 is 0 Å². The Morgan fingerprint density at radius 1 is 1.24 bits per heavy atom. The van der Waals surface area contributed by atoms with Gasteiger partial charge >= 0.3 is 0 Å². The summed E-state index contributed by atoms with van der Waals surface area (Å²) in [5.74, 6) is 1.19. The fourth-order valence-electron chi connectivity index (χ4n) is 4.27. The van der Waals surface area contributed by atoms with Gasteiger partial charge in [-0.25, -0.2) is 8.42 Å². The van der Waals surface area contributed by atoms with Gasteiger partial charge in [0.15, 0.2) is 20.8 Å². The molecule has 1 aliphatic carbocycles. The highest BCUT2D eigenvalue weighted by molar-refractivity contribution is 7.99. The molecular formula is C19H25N5O3S2. The summed E-state index contributed by atoms with van der Waals surface area (Å²) in [5.41, 5.74) is 0.865. The van der Waals surface area contributed by atoms with Crippen LogP contribution in [0.25, 0.3) is 11.4 Å². The number of sulfone groups is 1. The Kier molecular flexibility index (Phi) is 5.91. The van der Waals surface area contributed by atoms with E-state index in [9.17, 15) is 13.2 Å². The lowest BCUT2D eigenvalue weighted by atomic mass is 10.1. The van der Waals surface area contributed by atoms with E-state index in [1.807, 2.05) is 28.6 Å². The zero-order chi connectivity index (χ0) is 20.4. The molecule has 0 radical (unpaired) electrons. The van der Waals surface area contributed by atoms with Crippen LogP contribution in [0, 0.1) is 0 Å². The van der Waals surface area contributed by atoms with Crippen LogP contribution in [-0.4, -0.2) is 68.3 Å². The van der Waals surface area contributed by atoms with Gasteiger partial charge in [0.2, 0.25) is 5.91 Å². The molecule has 2 aromatic heterocycles. The predicted octanol–water partition coefficient (Wildman–Crippen LogP) is 1.93. The van der Waals surface area contributed by atoms with Crippen molar-refractivity contribution in [1.29, 1.82) is 0 Å². The van der Waals surface area contributed by atoms with Gasteiger partial charge in [0.25, 0.3) is 0 Å². The second kappa shape index (κ2) is 8.43. The van der Waals surface area contributed by atoms with Gasteiger partial charge in [0.1, 0.15) is 0 Å². The van der Waals surface area contributed by atoms with E-state index in [0.29, 0.717) is 17.4 Å². The van der Waals surface area contributed by atoms with Gasteiger partial charge in [-0.1, -0.05) is 24.6 Å². The number of nitrogens with zero attached hydrogens (tertiary/aromatic N) is 5. The van der Waals surface area contributed by atoms with Gasteiger partial charge in [-0.05, 0) is 31.4 Å². The number of thioether (sulfide) groups is 1. The van der Waals surface area contributed by atoms with Gasteiger partial charge in [-0.2, -0.15) is 0 Å². The zero-order valence-electron chi connectivity index (χ0n) is 16.4. The second-order valence-corrected chi connectivity index (χ2v) is 10.9. The normalized spacial score (nSPS) is 21.5. The van der Waals surface area contributed by atoms with Crippen molar-refractivity contribution in [2.45, 2.75) is 49.3 Å². The Balaban J connectivity index is 1.46. The highest BCUT2D eigenvalue weighted by Gasteiger charge is 2.38. The first-order valence-electron chi connectivity index (χ1n) is 9.89. The van der Waals surface area contributed by atoms with Crippen LogP contribution in [0.4, 0.5) is 0 Å². The maximum Gasteiger partial charge on any atom is 0.233 e. The van der Waals surface area contributed by atoms with E-state index in [0.717, 1.165) is 31.2 Å². The van der Waals surface area contributed by atoms with Crippen LogP contribution >= 0.6 is 11.8 Å². The molecule has 2 aliphatic rings. The highest BCUT2D eigenvalue weighted by atomic mass is 32.2. The number of hydrogen-bond acceptors (Lipinski definition) is 7. The minimum atomic E-state index is -3.04. The molecule has 0 spiro atoms. The second-order valence-electron chi connectivity index (χ2n) is 7.69. The quantitative estimate of drug-likeness (QED) is 0.639. The Morgan fingerprint density at radius 2 is 2.03 bits per heavy atom. The van der Waals surface area contributed by atoms with Crippen LogP contribution in [0.1, 0.15) is 32.1 Å². The third kappa shape index (κ3) is 4.48. The topological polar surface area (TPSA) is 98.1 Å². The van der Waals surface area contributed by atoms with Gasteiger partial charge in [-0.15, -0.1) is 10.2 Å². The van der Waals surface area contributed by atoms with E-state index >= 15 is 0 Å². The van der Waals surface area contributed by atoms with Crippen LogP contribution in [0.3, 0.4) is 0 Å². The van der Waals surface area contributed by atoms with Crippen molar-refractivity contribution in [3.05, 3.63) is 24.5 Å². The van der Waals surface area contributed by atoms with E-state index in [2.05, 4.69) is 15.2 Å². The lowest BCUT2D eigenvalue weighted by Gasteiger charge is -2.34. The molecule has 1 amide bonds. The molecule has 2 fully saturated rings. The number of carbonyl (C=O) groups is 1. The summed E-state index contributed by atoms with van der Waals surface area (Å²) in [7, 11) is -1.17. The summed E-state index contributed by atoms with van der Waals surface area (Å²) < 4.78 is 25.8. The summed E-state index contributed by atoms with van der Waals surface area (Å²) in [6, 6.07) is 3.72. The lowest BCUT2D eigenvalue weighted by molar-refractivity contribution is -0.132. The summed E-state index contributed by atoms with van der Waals surface area (Å²) >= 11 is 1.34. The Bertz CT molecular complexity index is 971. The molecule has 1 unspecified atom stereocenters. The maximum atomic E-state index is 13.1. The fourth-order valence-corrected chi connectivity index (χ4v) is 6.76. The van der Waals surface area contributed by atoms with Crippen LogP contribution in [0.5, 0.6) is 0 Å². The van der Waals surface area contributed by atoms with Crippen LogP contribution in [0.2, 0.25) is 0 Å². The van der Waals surface area contributed by atoms with Crippen molar-refractivity contribution >= 4 is 27.5 Å². The number of aromatic nitrogens is 4. The number of rotatable bonds is 6. The number of pyridine rings is 1. The molecular weight excluding hydrogens is 410 g/mol. The van der Waals surface area contributed by atoms with Crippen molar-refractivity contribution < 1.29 is 13.2 Å². The molecule has 3 heterocycles. The molecule has 1 aliphatic heterocycles. The average molecular weight is 436 g/mol. The van der Waals surface area contributed by atoms with Gasteiger partial charge in [-0.3, -0.25) is 9.78 Å². The summed E-state index contributed by atoms with van der Waals surface area (Å²) in [6.45, 7) is 0. The van der Waals surface area contributed by atoms with Gasteiger partial charge in [0, 0.05) is 37.1 Å². The Hall–Kier alpha value is -1.94. The van der Waals surface area contributed by atoms with Gasteiger partial charge in [0.05, 0.1) is 17.3 Å². The molecule has 1 saturated heterocycles. The monoisotopic (exact) mass is 435 g/mol. The summed E-state index contributed by atoms with van der Waals surface area (Å²) in [4.78, 5) is 19.1. The Morgan fingerprint density at radius 3 is 2.69 bits per heavy atom. The first-order chi connectivity index (χ1) is 13.9. The molecule has 2 aromatic rings. The molecule has 29 heavy (non-hydrogen) atoms. The molecule has 0 aromatic carbocycles. The molecule has 1 saturated carbocycles. The van der Waals surface area contributed by atoms with E-state index in [-0.39, 0.29) is 35.2 Å². The number of carbonyl (C=O) groups excluding carboxylic acids is 1. The van der Waals surface area contributed by atoms with Crippen molar-refractivity contribution in [2.24, 2.45) is 7.05 Å². The first-order valence-corrected chi connectivity index (χ1v) is 12.7. The maximum absolute atomic E-state index is 13.1. The minimum Gasteiger partial charge on any atom is -0.335 e. The van der Waals surface area contributed by atoms with Crippen LogP contribution in [0.15, 0.2) is 29.7 Å². The highest BCUT2D eigenvalue weighted by Crippen LogP contribution is 2.30. The van der Waals surface area contributed by atoms with Crippen LogP contribution in [-0.2, 0) is 21.7 Å². The smallest absolute Gasteiger partial charge is 0.233 e. The third-order valence-corrected chi connectivity index (χ3v) is 8.44. The minimum absolute atomic E-state index is 0.00470. The molecule has 4 rings (SSSR count). The summed E-state index contributed by atoms with van der Waals surface area (Å²) in [6.07, 6.45) is 8.09. The molecule has 8 nitrogen and oxygen atoms in total. The van der Waals surface area contributed by atoms with Crippen molar-refractivity contribution in [3.8, 4) is 11.4 Å². The standard InChI is InChI=1S/C19H25N5O3S2/c1-23-18(14-5-4-9-20-11-14)21-22-19(23)28-12-17(25)24(15-6-2-3-7-15)16-8-10-29(26,27)13-16/h4-5,9,11,15-16H,2-3,6-8,10,12-13H2,1H3. The van der Waals surface area contributed by atoms with E-state index in [1.54, 1.807) is 12.4 Å². The van der Waals surface area contributed by atoms with E-state index < -0.39 is 9.84 Å². The van der Waals surface area contributed by atoms with E-state index in [1.165, 1.54) is 11.8 Å². The zero-order valence-corrected chi connectivity index (χ0v) is 18.0. The van der Waals surface area contributed by atoms with Gasteiger partial charge < -0.3 is 9.47 Å². The van der Waals surface area contributed by atoms with E-state index in [4.69, 9.17) is 0 Å². The fraction of sp³-hybridized carbons (Fsp3) is 0.579. The average Bonchev–Trinajstić information content (AvgIpc) is 3.43. The van der Waals surface area contributed by atoms with Crippen molar-refractivity contribution in [2.75, 3.05) is 17.3 Å². The molecule has 156 valence electrons. The molecule has 0 bridgehead atoms. The molecule has 10 heteroatoms. The molecule has 0 N–H and O–H groups in total. The van der Waals surface area contributed by atoms with Crippen molar-refractivity contribution in [3.63, 3.8) is 0 Å².